The van der Waals surface area contributed by atoms with Gasteiger partial charge in [0.1, 0.15) is 18.9 Å². The molecule has 176 valence electrons. The van der Waals surface area contributed by atoms with Gasteiger partial charge in [0.2, 0.25) is 0 Å². The lowest BCUT2D eigenvalue weighted by Crippen LogP contribution is -2.30. The molecule has 1 heterocycles. The summed E-state index contributed by atoms with van der Waals surface area (Å²) in [5, 5.41) is 18.0. The Morgan fingerprint density at radius 2 is 1.71 bits per heavy atom. The standard InChI is InChI=1S/C24H24N4O6/c1-28-20(23(30)31)12-21(27-28)26-22(29)14-33-11-10-25-24(32)34-13-19-17-8-4-2-6-15(17)16-7-3-5-9-18(16)19/h2-9,12,19H,10-11,13-14H2,1H3,(H,25,32)(H,30,31)(H,26,27,29). The Bertz CT molecular complexity index is 1180. The van der Waals surface area contributed by atoms with Gasteiger partial charge in [0, 0.05) is 25.6 Å². The highest BCUT2D eigenvalue weighted by atomic mass is 16.5. The number of hydrogen-bond donors (Lipinski definition) is 3. The first kappa shape index (κ1) is 23.0. The highest BCUT2D eigenvalue weighted by Gasteiger charge is 2.28. The molecule has 0 spiro atoms. The average molecular weight is 464 g/mol. The van der Waals surface area contributed by atoms with Crippen molar-refractivity contribution in [1.82, 2.24) is 15.1 Å². The molecule has 0 unspecified atom stereocenters. The Hall–Kier alpha value is -4.18. The van der Waals surface area contributed by atoms with Crippen LogP contribution in [0.3, 0.4) is 0 Å². The van der Waals surface area contributed by atoms with E-state index in [4.69, 9.17) is 14.6 Å². The number of benzene rings is 2. The van der Waals surface area contributed by atoms with Crippen molar-refractivity contribution in [2.45, 2.75) is 5.92 Å². The zero-order chi connectivity index (χ0) is 24.1. The molecule has 1 aromatic heterocycles. The number of carboxylic acids is 1. The molecule has 1 aliphatic carbocycles. The molecule has 0 fully saturated rings. The Balaban J connectivity index is 1.17. The minimum Gasteiger partial charge on any atom is -0.477 e. The number of alkyl carbamates (subject to hydrolysis) is 1. The first-order valence-electron chi connectivity index (χ1n) is 10.7. The van der Waals surface area contributed by atoms with Crippen molar-refractivity contribution in [3.8, 4) is 11.1 Å². The number of anilines is 1. The number of ether oxygens (including phenoxy) is 2. The van der Waals surface area contributed by atoms with Gasteiger partial charge < -0.3 is 25.2 Å². The van der Waals surface area contributed by atoms with E-state index in [0.717, 1.165) is 26.9 Å². The van der Waals surface area contributed by atoms with Crippen LogP contribution in [0.25, 0.3) is 11.1 Å². The zero-order valence-electron chi connectivity index (χ0n) is 18.5. The quantitative estimate of drug-likeness (QED) is 0.415. The number of hydrogen-bond acceptors (Lipinski definition) is 6. The van der Waals surface area contributed by atoms with Crippen LogP contribution in [0.5, 0.6) is 0 Å². The third-order valence-corrected chi connectivity index (χ3v) is 5.46. The average Bonchev–Trinajstić information content (AvgIpc) is 3.35. The summed E-state index contributed by atoms with van der Waals surface area (Å²) in [6.45, 7) is 0.202. The van der Waals surface area contributed by atoms with Gasteiger partial charge in [-0.2, -0.15) is 5.10 Å². The van der Waals surface area contributed by atoms with E-state index in [9.17, 15) is 14.4 Å². The third kappa shape index (κ3) is 5.07. The maximum atomic E-state index is 12.1. The molecule has 0 saturated heterocycles. The fraction of sp³-hybridized carbons (Fsp3) is 0.250. The molecule has 3 aromatic rings. The molecule has 0 atom stereocenters. The number of nitrogens with one attached hydrogen (secondary N) is 2. The number of aromatic carboxylic acids is 1. The second-order valence-corrected chi connectivity index (χ2v) is 7.70. The normalized spacial score (nSPS) is 12.0. The highest BCUT2D eigenvalue weighted by molar-refractivity contribution is 5.93. The summed E-state index contributed by atoms with van der Waals surface area (Å²) in [7, 11) is 1.46. The molecule has 0 bridgehead atoms. The van der Waals surface area contributed by atoms with Crippen molar-refractivity contribution in [3.63, 3.8) is 0 Å². The molecule has 2 amide bonds. The first-order valence-corrected chi connectivity index (χ1v) is 10.7. The largest absolute Gasteiger partial charge is 0.477 e. The van der Waals surface area contributed by atoms with Crippen molar-refractivity contribution in [2.24, 2.45) is 7.05 Å². The van der Waals surface area contributed by atoms with E-state index in [0.29, 0.717) is 0 Å². The molecule has 2 aromatic carbocycles. The van der Waals surface area contributed by atoms with Gasteiger partial charge in [-0.3, -0.25) is 9.48 Å². The number of aryl methyl sites for hydroxylation is 1. The van der Waals surface area contributed by atoms with Crippen LogP contribution in [0.1, 0.15) is 27.5 Å². The molecule has 10 nitrogen and oxygen atoms in total. The number of aromatic nitrogens is 2. The van der Waals surface area contributed by atoms with Crippen LogP contribution in [0, 0.1) is 0 Å². The van der Waals surface area contributed by atoms with Gasteiger partial charge in [-0.15, -0.1) is 0 Å². The maximum absolute atomic E-state index is 12.1. The number of fused-ring (bicyclic) bond motifs is 3. The van der Waals surface area contributed by atoms with Crippen LogP contribution in [0.4, 0.5) is 10.6 Å². The molecule has 4 rings (SSSR count). The number of rotatable bonds is 9. The molecular weight excluding hydrogens is 440 g/mol. The number of amides is 2. The molecule has 1 aliphatic rings. The lowest BCUT2D eigenvalue weighted by molar-refractivity contribution is -0.120. The fourth-order valence-corrected chi connectivity index (χ4v) is 3.95. The van der Waals surface area contributed by atoms with Crippen LogP contribution >= 0.6 is 0 Å². The van der Waals surface area contributed by atoms with Crippen molar-refractivity contribution in [2.75, 3.05) is 31.7 Å². The van der Waals surface area contributed by atoms with Crippen molar-refractivity contribution < 1.29 is 29.0 Å². The van der Waals surface area contributed by atoms with Crippen LogP contribution in [-0.4, -0.2) is 59.2 Å². The van der Waals surface area contributed by atoms with Gasteiger partial charge in [0.05, 0.1) is 6.61 Å². The first-order chi connectivity index (χ1) is 16.4. The molecule has 0 saturated carbocycles. The van der Waals surface area contributed by atoms with Gasteiger partial charge in [-0.1, -0.05) is 48.5 Å². The topological polar surface area (TPSA) is 132 Å². The van der Waals surface area contributed by atoms with Crippen LogP contribution in [-0.2, 0) is 21.3 Å². The zero-order valence-corrected chi connectivity index (χ0v) is 18.5. The Morgan fingerprint density at radius 3 is 2.32 bits per heavy atom. The lowest BCUT2D eigenvalue weighted by Gasteiger charge is -2.14. The van der Waals surface area contributed by atoms with Crippen LogP contribution < -0.4 is 10.6 Å². The maximum Gasteiger partial charge on any atom is 0.407 e. The molecular formula is C24H24N4O6. The van der Waals surface area contributed by atoms with Gasteiger partial charge in [0.25, 0.3) is 5.91 Å². The van der Waals surface area contributed by atoms with Crippen molar-refractivity contribution in [3.05, 3.63) is 71.4 Å². The minimum atomic E-state index is -1.15. The molecule has 0 aliphatic heterocycles. The van der Waals surface area contributed by atoms with Crippen molar-refractivity contribution in [1.29, 1.82) is 0 Å². The second-order valence-electron chi connectivity index (χ2n) is 7.70. The lowest BCUT2D eigenvalue weighted by atomic mass is 9.98. The summed E-state index contributed by atoms with van der Waals surface area (Å²) in [4.78, 5) is 35.0. The van der Waals surface area contributed by atoms with E-state index in [1.807, 2.05) is 36.4 Å². The third-order valence-electron chi connectivity index (χ3n) is 5.46. The van der Waals surface area contributed by atoms with E-state index < -0.39 is 18.0 Å². The van der Waals surface area contributed by atoms with Gasteiger partial charge in [-0.25, -0.2) is 9.59 Å². The predicted molar refractivity (Wildman–Crippen MR) is 123 cm³/mol. The molecule has 10 heteroatoms. The smallest absolute Gasteiger partial charge is 0.407 e. The molecule has 0 radical (unpaired) electrons. The number of carbonyl (C=O) groups is 3. The van der Waals surface area contributed by atoms with E-state index in [1.165, 1.54) is 13.1 Å². The van der Waals surface area contributed by atoms with Crippen LogP contribution in [0.2, 0.25) is 0 Å². The summed E-state index contributed by atoms with van der Waals surface area (Å²) < 4.78 is 11.8. The Labute approximate surface area is 195 Å². The van der Waals surface area contributed by atoms with E-state index in [1.54, 1.807) is 0 Å². The Morgan fingerprint density at radius 1 is 1.06 bits per heavy atom. The van der Waals surface area contributed by atoms with Gasteiger partial charge in [0.15, 0.2) is 5.82 Å². The number of carbonyl (C=O) groups excluding carboxylic acids is 2. The Kier molecular flexibility index (Phi) is 6.88. The summed E-state index contributed by atoms with van der Waals surface area (Å²) in [5.41, 5.74) is 4.53. The van der Waals surface area contributed by atoms with E-state index in [2.05, 4.69) is 27.9 Å². The van der Waals surface area contributed by atoms with Gasteiger partial charge in [-0.05, 0) is 22.3 Å². The van der Waals surface area contributed by atoms with E-state index in [-0.39, 0.29) is 43.8 Å². The SMILES string of the molecule is Cn1nc(NC(=O)COCCNC(=O)OCC2c3ccccc3-c3ccccc32)cc1C(=O)O. The number of nitrogens with zero attached hydrogens (tertiary/aromatic N) is 2. The van der Waals surface area contributed by atoms with E-state index >= 15 is 0 Å². The second kappa shape index (κ2) is 10.2. The highest BCUT2D eigenvalue weighted by Crippen LogP contribution is 2.44. The minimum absolute atomic E-state index is 0.0219. The molecule has 3 N–H and O–H groups in total. The fourth-order valence-electron chi connectivity index (χ4n) is 3.95. The van der Waals surface area contributed by atoms with Crippen molar-refractivity contribution >= 4 is 23.8 Å². The number of carboxylic acid groups (broad SMARTS) is 1. The summed E-state index contributed by atoms with van der Waals surface area (Å²) in [5.74, 6) is -1.54. The summed E-state index contributed by atoms with van der Waals surface area (Å²) in [6, 6.07) is 17.4. The van der Waals surface area contributed by atoms with Gasteiger partial charge >= 0.3 is 12.1 Å². The summed E-state index contributed by atoms with van der Waals surface area (Å²) in [6.07, 6.45) is -0.565. The molecule has 34 heavy (non-hydrogen) atoms. The predicted octanol–water partition coefficient (Wildman–Crippen LogP) is 2.61. The summed E-state index contributed by atoms with van der Waals surface area (Å²) >= 11 is 0. The monoisotopic (exact) mass is 464 g/mol. The van der Waals surface area contributed by atoms with Crippen LogP contribution in [0.15, 0.2) is 54.6 Å².